The van der Waals surface area contributed by atoms with Gasteiger partial charge in [-0.3, -0.25) is 0 Å². The smallest absolute Gasteiger partial charge is 0.182 e. The minimum Gasteiger partial charge on any atom is -0.363 e. The monoisotopic (exact) mass is 324 g/mol. The van der Waals surface area contributed by atoms with Gasteiger partial charge in [0.05, 0.1) is 6.20 Å². The molecule has 3 rings (SSSR count). The van der Waals surface area contributed by atoms with Gasteiger partial charge in [-0.25, -0.2) is 15.0 Å². The van der Waals surface area contributed by atoms with Crippen LogP contribution >= 0.6 is 12.2 Å². The van der Waals surface area contributed by atoms with Crippen molar-refractivity contribution in [1.82, 2.24) is 20.3 Å². The summed E-state index contributed by atoms with van der Waals surface area (Å²) in [6.07, 6.45) is 1.69. The maximum Gasteiger partial charge on any atom is 0.182 e. The van der Waals surface area contributed by atoms with E-state index in [1.807, 2.05) is 49.4 Å². The number of hydrogen-bond donors (Lipinski definition) is 3. The summed E-state index contributed by atoms with van der Waals surface area (Å²) in [7, 11) is 0. The fourth-order valence-electron chi connectivity index (χ4n) is 2.02. The molecule has 116 valence electrons. The molecular formula is C16H16N6S. The van der Waals surface area contributed by atoms with E-state index in [9.17, 15) is 0 Å². The molecule has 0 fully saturated rings. The van der Waals surface area contributed by atoms with Gasteiger partial charge in [-0.05, 0) is 43.4 Å². The van der Waals surface area contributed by atoms with Gasteiger partial charge in [0.2, 0.25) is 0 Å². The van der Waals surface area contributed by atoms with Gasteiger partial charge in [-0.15, -0.1) is 0 Å². The zero-order valence-electron chi connectivity index (χ0n) is 12.6. The number of aromatic nitrogens is 3. The Morgan fingerprint density at radius 1 is 1.04 bits per heavy atom. The van der Waals surface area contributed by atoms with Crippen molar-refractivity contribution < 1.29 is 0 Å². The van der Waals surface area contributed by atoms with E-state index in [0.717, 1.165) is 17.7 Å². The third-order valence-electron chi connectivity index (χ3n) is 3.03. The third kappa shape index (κ3) is 3.89. The first-order valence-corrected chi connectivity index (χ1v) is 7.66. The molecule has 7 heteroatoms. The SMILES string of the molecule is CCNC(=S)Nc1ccc2ncc(Nc3ccccc3)nc2n1. The Balaban J connectivity index is 1.84. The Morgan fingerprint density at radius 3 is 2.61 bits per heavy atom. The highest BCUT2D eigenvalue weighted by Gasteiger charge is 2.04. The van der Waals surface area contributed by atoms with Crippen LogP contribution in [0.25, 0.3) is 11.2 Å². The van der Waals surface area contributed by atoms with Gasteiger partial charge in [0, 0.05) is 12.2 Å². The molecule has 3 N–H and O–H groups in total. The summed E-state index contributed by atoms with van der Waals surface area (Å²) >= 11 is 5.16. The van der Waals surface area contributed by atoms with Crippen molar-refractivity contribution in [3.8, 4) is 0 Å². The van der Waals surface area contributed by atoms with Gasteiger partial charge in [0.1, 0.15) is 11.3 Å². The van der Waals surface area contributed by atoms with Gasteiger partial charge in [-0.1, -0.05) is 18.2 Å². The first-order chi connectivity index (χ1) is 11.2. The van der Waals surface area contributed by atoms with Crippen molar-refractivity contribution >= 4 is 45.8 Å². The second-order valence-electron chi connectivity index (χ2n) is 4.77. The maximum absolute atomic E-state index is 5.16. The molecular weight excluding hydrogens is 308 g/mol. The molecule has 0 spiro atoms. The minimum atomic E-state index is 0.533. The molecule has 23 heavy (non-hydrogen) atoms. The molecule has 0 saturated heterocycles. The van der Waals surface area contributed by atoms with E-state index in [1.54, 1.807) is 6.20 Å². The number of benzene rings is 1. The van der Waals surface area contributed by atoms with Crippen LogP contribution in [0.5, 0.6) is 0 Å². The number of para-hydroxylation sites is 1. The number of thiocarbonyl (C=S) groups is 1. The van der Waals surface area contributed by atoms with Crippen molar-refractivity contribution in [3.05, 3.63) is 48.7 Å². The first kappa shape index (κ1) is 15.1. The third-order valence-corrected chi connectivity index (χ3v) is 3.28. The summed E-state index contributed by atoms with van der Waals surface area (Å²) < 4.78 is 0. The highest BCUT2D eigenvalue weighted by Crippen LogP contribution is 2.17. The molecule has 3 aromatic rings. The second-order valence-corrected chi connectivity index (χ2v) is 5.18. The van der Waals surface area contributed by atoms with Gasteiger partial charge >= 0.3 is 0 Å². The van der Waals surface area contributed by atoms with E-state index in [1.165, 1.54) is 0 Å². The van der Waals surface area contributed by atoms with Crippen molar-refractivity contribution in [1.29, 1.82) is 0 Å². The number of nitrogens with one attached hydrogen (secondary N) is 3. The van der Waals surface area contributed by atoms with E-state index in [-0.39, 0.29) is 0 Å². The molecule has 6 nitrogen and oxygen atoms in total. The Kier molecular flexibility index (Phi) is 4.58. The summed E-state index contributed by atoms with van der Waals surface area (Å²) in [6, 6.07) is 13.5. The number of anilines is 3. The topological polar surface area (TPSA) is 74.8 Å². The molecule has 0 unspecified atom stereocenters. The van der Waals surface area contributed by atoms with Crippen molar-refractivity contribution in [2.75, 3.05) is 17.2 Å². The summed E-state index contributed by atoms with van der Waals surface area (Å²) in [4.78, 5) is 13.3. The molecule has 0 aliphatic heterocycles. The van der Waals surface area contributed by atoms with Crippen LogP contribution in [0.3, 0.4) is 0 Å². The lowest BCUT2D eigenvalue weighted by Gasteiger charge is -2.09. The predicted molar refractivity (Wildman–Crippen MR) is 97.0 cm³/mol. The zero-order valence-corrected chi connectivity index (χ0v) is 13.4. The number of hydrogen-bond acceptors (Lipinski definition) is 5. The van der Waals surface area contributed by atoms with Crippen LogP contribution in [0.4, 0.5) is 17.3 Å². The molecule has 0 amide bonds. The van der Waals surface area contributed by atoms with E-state index >= 15 is 0 Å². The van der Waals surface area contributed by atoms with Crippen molar-refractivity contribution in [2.24, 2.45) is 0 Å². The highest BCUT2D eigenvalue weighted by molar-refractivity contribution is 7.80. The molecule has 2 heterocycles. The molecule has 2 aromatic heterocycles. The largest absolute Gasteiger partial charge is 0.363 e. The summed E-state index contributed by atoms with van der Waals surface area (Å²) in [6.45, 7) is 2.74. The predicted octanol–water partition coefficient (Wildman–Crippen LogP) is 3.07. The van der Waals surface area contributed by atoms with Crippen molar-refractivity contribution in [3.63, 3.8) is 0 Å². The van der Waals surface area contributed by atoms with Crippen LogP contribution in [0.15, 0.2) is 48.7 Å². The average molecular weight is 324 g/mol. The second kappa shape index (κ2) is 6.97. The van der Waals surface area contributed by atoms with Crippen LogP contribution < -0.4 is 16.0 Å². The summed E-state index contributed by atoms with van der Waals surface area (Å²) in [5, 5.41) is 9.78. The highest BCUT2D eigenvalue weighted by atomic mass is 32.1. The Labute approximate surface area is 139 Å². The number of nitrogens with zero attached hydrogens (tertiary/aromatic N) is 3. The first-order valence-electron chi connectivity index (χ1n) is 7.25. The molecule has 0 saturated carbocycles. The molecule has 1 aromatic carbocycles. The van der Waals surface area contributed by atoms with Gasteiger partial charge < -0.3 is 16.0 Å². The number of fused-ring (bicyclic) bond motifs is 1. The van der Waals surface area contributed by atoms with Crippen LogP contribution in [-0.4, -0.2) is 26.6 Å². The van der Waals surface area contributed by atoms with Crippen LogP contribution in [0.1, 0.15) is 6.92 Å². The molecule has 0 aliphatic carbocycles. The number of rotatable bonds is 4. The minimum absolute atomic E-state index is 0.533. The van der Waals surface area contributed by atoms with E-state index in [4.69, 9.17) is 12.2 Å². The maximum atomic E-state index is 5.16. The van der Waals surface area contributed by atoms with Crippen molar-refractivity contribution in [2.45, 2.75) is 6.92 Å². The summed E-state index contributed by atoms with van der Waals surface area (Å²) in [5.74, 6) is 1.28. The van der Waals surface area contributed by atoms with E-state index < -0.39 is 0 Å². The van der Waals surface area contributed by atoms with Crippen LogP contribution in [-0.2, 0) is 0 Å². The fourth-order valence-corrected chi connectivity index (χ4v) is 2.27. The van der Waals surface area contributed by atoms with E-state index in [0.29, 0.717) is 22.4 Å². The fraction of sp³-hybridized carbons (Fsp3) is 0.125. The lowest BCUT2D eigenvalue weighted by atomic mass is 10.3. The number of pyridine rings is 1. The van der Waals surface area contributed by atoms with Gasteiger partial charge in [0.15, 0.2) is 16.6 Å². The zero-order chi connectivity index (χ0) is 16.1. The lowest BCUT2D eigenvalue weighted by molar-refractivity contribution is 0.978. The van der Waals surface area contributed by atoms with Gasteiger partial charge in [-0.2, -0.15) is 0 Å². The average Bonchev–Trinajstić information content (AvgIpc) is 2.56. The normalized spacial score (nSPS) is 10.3. The lowest BCUT2D eigenvalue weighted by Crippen LogP contribution is -2.28. The standard InChI is InChI=1S/C16H16N6S/c1-2-17-16(23)22-13-9-8-12-15(20-13)21-14(10-18-12)19-11-6-4-3-5-7-11/h3-10H,2H2,1H3,(H3,17,19,20,21,22,23). The van der Waals surface area contributed by atoms with E-state index in [2.05, 4.69) is 30.9 Å². The molecule has 0 bridgehead atoms. The summed E-state index contributed by atoms with van der Waals surface area (Å²) in [5.41, 5.74) is 2.22. The molecule has 0 aliphatic rings. The Bertz CT molecular complexity index is 821. The van der Waals surface area contributed by atoms with Gasteiger partial charge in [0.25, 0.3) is 0 Å². The molecule has 0 radical (unpaired) electrons. The Morgan fingerprint density at radius 2 is 1.83 bits per heavy atom. The quantitative estimate of drug-likeness (QED) is 0.637. The molecule has 0 atom stereocenters. The Hall–Kier alpha value is -2.80. The van der Waals surface area contributed by atoms with Crippen LogP contribution in [0.2, 0.25) is 0 Å². The van der Waals surface area contributed by atoms with Crippen LogP contribution in [0, 0.1) is 0 Å².